The van der Waals surface area contributed by atoms with E-state index in [4.69, 9.17) is 0 Å². The highest BCUT2D eigenvalue weighted by atomic mass is 32.1. The van der Waals surface area contributed by atoms with E-state index in [1.165, 1.54) is 10.9 Å². The molecule has 0 aliphatic rings. The Morgan fingerprint density at radius 2 is 1.94 bits per heavy atom. The topological polar surface area (TPSA) is 12.0 Å². The minimum atomic E-state index is -0.152. The van der Waals surface area contributed by atoms with E-state index in [9.17, 15) is 4.39 Å². The number of benzene rings is 1. The average molecular weight is 249 g/mol. The Labute approximate surface area is 105 Å². The Balaban J connectivity index is 1.63. The molecule has 17 heavy (non-hydrogen) atoms. The lowest BCUT2D eigenvalue weighted by atomic mass is 10.1. The molecule has 0 fully saturated rings. The van der Waals surface area contributed by atoms with Gasteiger partial charge < -0.3 is 5.32 Å². The normalized spacial score (nSPS) is 10.6. The summed E-state index contributed by atoms with van der Waals surface area (Å²) < 4.78 is 12.9. The van der Waals surface area contributed by atoms with Gasteiger partial charge in [0.15, 0.2) is 0 Å². The summed E-state index contributed by atoms with van der Waals surface area (Å²) in [5, 5.41) is 5.48. The third-order valence-corrected chi connectivity index (χ3v) is 3.54. The minimum Gasteiger partial charge on any atom is -0.316 e. The molecule has 0 saturated heterocycles. The van der Waals surface area contributed by atoms with E-state index in [1.54, 1.807) is 23.5 Å². The van der Waals surface area contributed by atoms with Crippen molar-refractivity contribution in [3.8, 4) is 0 Å². The molecule has 0 saturated carbocycles. The lowest BCUT2D eigenvalue weighted by Gasteiger charge is -2.04. The van der Waals surface area contributed by atoms with Crippen LogP contribution in [0.15, 0.2) is 41.8 Å². The molecule has 0 atom stereocenters. The van der Waals surface area contributed by atoms with Crippen LogP contribution in [-0.2, 0) is 12.8 Å². The van der Waals surface area contributed by atoms with Crippen LogP contribution in [0.25, 0.3) is 0 Å². The van der Waals surface area contributed by atoms with E-state index in [0.717, 1.165) is 31.5 Å². The van der Waals surface area contributed by atoms with Gasteiger partial charge in [-0.1, -0.05) is 18.2 Å². The molecule has 0 aliphatic carbocycles. The van der Waals surface area contributed by atoms with Crippen LogP contribution < -0.4 is 5.32 Å². The maximum atomic E-state index is 12.9. The lowest BCUT2D eigenvalue weighted by molar-refractivity contribution is 0.623. The first kappa shape index (κ1) is 12.3. The quantitative estimate of drug-likeness (QED) is 0.775. The Bertz CT molecular complexity index is 439. The Morgan fingerprint density at radius 3 is 2.71 bits per heavy atom. The van der Waals surface area contributed by atoms with Crippen LogP contribution in [0.4, 0.5) is 4.39 Å². The number of rotatable bonds is 6. The van der Waals surface area contributed by atoms with Crippen LogP contribution >= 0.6 is 11.3 Å². The second-order valence-electron chi connectivity index (χ2n) is 3.96. The van der Waals surface area contributed by atoms with E-state index in [1.807, 2.05) is 6.07 Å². The largest absolute Gasteiger partial charge is 0.316 e. The summed E-state index contributed by atoms with van der Waals surface area (Å²) in [6.45, 7) is 1.88. The van der Waals surface area contributed by atoms with E-state index >= 15 is 0 Å². The van der Waals surface area contributed by atoms with Crippen molar-refractivity contribution in [2.45, 2.75) is 12.8 Å². The zero-order chi connectivity index (χ0) is 11.9. The minimum absolute atomic E-state index is 0.152. The summed E-state index contributed by atoms with van der Waals surface area (Å²) in [6.07, 6.45) is 1.95. The molecule has 0 unspecified atom stereocenters. The number of thiophene rings is 1. The maximum Gasteiger partial charge on any atom is 0.123 e. The second-order valence-corrected chi connectivity index (χ2v) is 4.99. The van der Waals surface area contributed by atoms with Crippen molar-refractivity contribution in [2.24, 2.45) is 0 Å². The van der Waals surface area contributed by atoms with Gasteiger partial charge in [-0.3, -0.25) is 0 Å². The van der Waals surface area contributed by atoms with Crippen molar-refractivity contribution in [1.82, 2.24) is 5.32 Å². The molecule has 90 valence electrons. The summed E-state index contributed by atoms with van der Waals surface area (Å²) in [6, 6.07) is 11.0. The molecule has 0 aliphatic heterocycles. The summed E-state index contributed by atoms with van der Waals surface area (Å²) in [5.74, 6) is -0.152. The highest BCUT2D eigenvalue weighted by Crippen LogP contribution is 2.08. The highest BCUT2D eigenvalue weighted by molar-refractivity contribution is 7.09. The van der Waals surface area contributed by atoms with Gasteiger partial charge in [0, 0.05) is 4.88 Å². The van der Waals surface area contributed by atoms with Gasteiger partial charge in [0.05, 0.1) is 0 Å². The fraction of sp³-hybridized carbons (Fsp3) is 0.286. The lowest BCUT2D eigenvalue weighted by Crippen LogP contribution is -2.19. The molecule has 1 nitrogen and oxygen atoms in total. The van der Waals surface area contributed by atoms with Crippen LogP contribution in [-0.4, -0.2) is 13.1 Å². The number of hydrogen-bond acceptors (Lipinski definition) is 2. The van der Waals surface area contributed by atoms with E-state index < -0.39 is 0 Å². The van der Waals surface area contributed by atoms with Gasteiger partial charge in [-0.25, -0.2) is 4.39 Å². The fourth-order valence-corrected chi connectivity index (χ4v) is 2.43. The maximum absolute atomic E-state index is 12.9. The van der Waals surface area contributed by atoms with Crippen molar-refractivity contribution in [2.75, 3.05) is 13.1 Å². The van der Waals surface area contributed by atoms with Gasteiger partial charge in [-0.05, 0) is 55.1 Å². The second kappa shape index (κ2) is 6.52. The van der Waals surface area contributed by atoms with Crippen molar-refractivity contribution >= 4 is 11.3 Å². The van der Waals surface area contributed by atoms with Gasteiger partial charge in [-0.15, -0.1) is 11.3 Å². The third-order valence-electron chi connectivity index (χ3n) is 2.61. The molecule has 0 bridgehead atoms. The molecule has 1 aromatic carbocycles. The van der Waals surface area contributed by atoms with Gasteiger partial charge in [0.2, 0.25) is 0 Å². The molecule has 1 aromatic heterocycles. The number of halogens is 1. The molecule has 0 spiro atoms. The molecule has 3 heteroatoms. The average Bonchev–Trinajstić information content (AvgIpc) is 2.82. The summed E-state index contributed by atoms with van der Waals surface area (Å²) in [7, 11) is 0. The fourth-order valence-electron chi connectivity index (χ4n) is 1.72. The van der Waals surface area contributed by atoms with Crippen molar-refractivity contribution < 1.29 is 4.39 Å². The zero-order valence-electron chi connectivity index (χ0n) is 9.66. The first-order valence-electron chi connectivity index (χ1n) is 5.82. The molecule has 0 amide bonds. The van der Waals surface area contributed by atoms with Crippen LogP contribution in [0, 0.1) is 5.82 Å². The Kier molecular flexibility index (Phi) is 4.71. The van der Waals surface area contributed by atoms with Crippen molar-refractivity contribution in [3.63, 3.8) is 0 Å². The summed E-state index contributed by atoms with van der Waals surface area (Å²) >= 11 is 1.79. The molecule has 2 aromatic rings. The monoisotopic (exact) mass is 249 g/mol. The third kappa shape index (κ3) is 4.29. The van der Waals surface area contributed by atoms with Crippen LogP contribution in [0.3, 0.4) is 0 Å². The summed E-state index contributed by atoms with van der Waals surface area (Å²) in [5.41, 5.74) is 1.05. The van der Waals surface area contributed by atoms with Gasteiger partial charge in [-0.2, -0.15) is 0 Å². The van der Waals surface area contributed by atoms with E-state index in [-0.39, 0.29) is 5.82 Å². The van der Waals surface area contributed by atoms with Crippen molar-refractivity contribution in [1.29, 1.82) is 0 Å². The predicted octanol–water partition coefficient (Wildman–Crippen LogP) is 3.26. The molecule has 1 heterocycles. The van der Waals surface area contributed by atoms with Gasteiger partial charge in [0.25, 0.3) is 0 Å². The first-order valence-corrected chi connectivity index (χ1v) is 6.70. The standard InChI is InChI=1S/C14H16FNS/c15-13-4-1-3-12(11-13)6-8-16-9-7-14-5-2-10-17-14/h1-5,10-11,16H,6-9H2. The molecular weight excluding hydrogens is 233 g/mol. The smallest absolute Gasteiger partial charge is 0.123 e. The Hall–Kier alpha value is -1.19. The SMILES string of the molecule is Fc1cccc(CCNCCc2cccs2)c1. The number of hydrogen-bond donors (Lipinski definition) is 1. The van der Waals surface area contributed by atoms with Crippen molar-refractivity contribution in [3.05, 3.63) is 58.0 Å². The Morgan fingerprint density at radius 1 is 1.06 bits per heavy atom. The molecule has 1 N–H and O–H groups in total. The van der Waals surface area contributed by atoms with E-state index in [2.05, 4.69) is 22.8 Å². The molecule has 2 rings (SSSR count). The zero-order valence-corrected chi connectivity index (χ0v) is 10.5. The summed E-state index contributed by atoms with van der Waals surface area (Å²) in [4.78, 5) is 1.41. The molecular formula is C14H16FNS. The van der Waals surface area contributed by atoms with Gasteiger partial charge >= 0.3 is 0 Å². The number of nitrogens with one attached hydrogen (secondary N) is 1. The van der Waals surface area contributed by atoms with Crippen LogP contribution in [0.5, 0.6) is 0 Å². The first-order chi connectivity index (χ1) is 8.34. The molecule has 0 radical (unpaired) electrons. The predicted molar refractivity (Wildman–Crippen MR) is 71.0 cm³/mol. The van der Waals surface area contributed by atoms with Gasteiger partial charge in [0.1, 0.15) is 5.82 Å². The highest BCUT2D eigenvalue weighted by Gasteiger charge is 1.96. The van der Waals surface area contributed by atoms with Crippen LogP contribution in [0.1, 0.15) is 10.4 Å². The van der Waals surface area contributed by atoms with Crippen LogP contribution in [0.2, 0.25) is 0 Å². The van der Waals surface area contributed by atoms with E-state index in [0.29, 0.717) is 0 Å².